The normalized spacial score (nSPS) is 52.9. The maximum Gasteiger partial charge on any atom is 0.331 e. The lowest BCUT2D eigenvalue weighted by Gasteiger charge is -2.65. The van der Waals surface area contributed by atoms with E-state index in [2.05, 4.69) is 6.92 Å². The molecule has 51 heavy (non-hydrogen) atoms. The summed E-state index contributed by atoms with van der Waals surface area (Å²) in [7, 11) is 0. The summed E-state index contributed by atoms with van der Waals surface area (Å²) in [5.74, 6) is -0.754. The lowest BCUT2D eigenvalue weighted by Crippen LogP contribution is -2.69. The third-order valence-corrected chi connectivity index (χ3v) is 14.3. The SMILES string of the molecule is C[C@]12CC[C@H]3[C@@H](CC[C@]4(O)C[C@@H](O[C@H]5CO[C@@H](CO)[C@H](O[C@@H]6O[C@H](CO)[C@@H](O)[C@H](O)[C@H]6O)[C@@H](O)C5)CC[C@]34C=O)[C@@]1(O)CC[C@@H]2C1=CC(=O)OC1. The van der Waals surface area contributed by atoms with Crippen LogP contribution in [0.25, 0.3) is 0 Å². The quantitative estimate of drug-likeness (QED) is 0.106. The molecule has 8 N–H and O–H groups in total. The number of aldehydes is 1. The third-order valence-electron chi connectivity index (χ3n) is 14.3. The zero-order valence-corrected chi connectivity index (χ0v) is 29.0. The van der Waals surface area contributed by atoms with Gasteiger partial charge in [-0.05, 0) is 74.7 Å². The van der Waals surface area contributed by atoms with Crippen LogP contribution in [0.2, 0.25) is 0 Å². The smallest absolute Gasteiger partial charge is 0.331 e. The minimum atomic E-state index is -1.71. The van der Waals surface area contributed by atoms with Crippen LogP contribution in [0.5, 0.6) is 0 Å². The molecule has 0 amide bonds. The Hall–Kier alpha value is -1.60. The number of aliphatic hydroxyl groups is 8. The van der Waals surface area contributed by atoms with Crippen molar-refractivity contribution in [1.29, 1.82) is 0 Å². The maximum absolute atomic E-state index is 13.2. The van der Waals surface area contributed by atoms with Gasteiger partial charge < -0.3 is 69.3 Å². The Morgan fingerprint density at radius 2 is 1.63 bits per heavy atom. The summed E-state index contributed by atoms with van der Waals surface area (Å²) >= 11 is 0. The Bertz CT molecular complexity index is 1340. The highest BCUT2D eigenvalue weighted by atomic mass is 16.7. The monoisotopic (exact) mass is 726 g/mol. The van der Waals surface area contributed by atoms with Crippen LogP contribution in [0.15, 0.2) is 11.6 Å². The number of cyclic esters (lactones) is 1. The van der Waals surface area contributed by atoms with Gasteiger partial charge >= 0.3 is 5.97 Å². The zero-order valence-electron chi connectivity index (χ0n) is 29.0. The molecule has 7 rings (SSSR count). The van der Waals surface area contributed by atoms with Crippen molar-refractivity contribution in [2.45, 2.75) is 144 Å². The van der Waals surface area contributed by atoms with Gasteiger partial charge in [0.05, 0.1) is 54.7 Å². The number of fused-ring (bicyclic) bond motifs is 5. The van der Waals surface area contributed by atoms with Crippen molar-refractivity contribution in [3.05, 3.63) is 11.6 Å². The van der Waals surface area contributed by atoms with Crippen molar-refractivity contribution in [1.82, 2.24) is 0 Å². The van der Waals surface area contributed by atoms with Crippen LogP contribution in [0.4, 0.5) is 0 Å². The highest BCUT2D eigenvalue weighted by Gasteiger charge is 2.71. The molecule has 4 saturated carbocycles. The van der Waals surface area contributed by atoms with Crippen LogP contribution in [0.3, 0.4) is 0 Å². The summed E-state index contributed by atoms with van der Waals surface area (Å²) in [4.78, 5) is 25.1. The first-order chi connectivity index (χ1) is 24.2. The summed E-state index contributed by atoms with van der Waals surface area (Å²) in [6, 6.07) is 0. The van der Waals surface area contributed by atoms with Gasteiger partial charge in [-0.1, -0.05) is 6.92 Å². The molecule has 15 heteroatoms. The number of ether oxygens (including phenoxy) is 5. The fraction of sp³-hybridized carbons (Fsp3) is 0.889. The van der Waals surface area contributed by atoms with E-state index in [1.807, 2.05) is 0 Å². The third kappa shape index (κ3) is 5.94. The molecule has 0 spiro atoms. The molecule has 6 fully saturated rings. The Morgan fingerprint density at radius 1 is 0.882 bits per heavy atom. The molecule has 4 aliphatic carbocycles. The minimum absolute atomic E-state index is 0.00308. The van der Waals surface area contributed by atoms with Crippen LogP contribution in [0.1, 0.15) is 71.1 Å². The average molecular weight is 727 g/mol. The molecule has 17 atom stereocenters. The minimum Gasteiger partial charge on any atom is -0.458 e. The molecular weight excluding hydrogens is 672 g/mol. The van der Waals surface area contributed by atoms with Gasteiger partial charge in [-0.2, -0.15) is 0 Å². The molecule has 3 heterocycles. The molecule has 0 aromatic rings. The number of esters is 1. The highest BCUT2D eigenvalue weighted by molar-refractivity contribution is 5.85. The Kier molecular flexibility index (Phi) is 10.3. The highest BCUT2D eigenvalue weighted by Crippen LogP contribution is 2.70. The van der Waals surface area contributed by atoms with Gasteiger partial charge in [0.2, 0.25) is 0 Å². The molecule has 0 radical (unpaired) electrons. The summed E-state index contributed by atoms with van der Waals surface area (Å²) in [5, 5.41) is 86.5. The van der Waals surface area contributed by atoms with Crippen molar-refractivity contribution >= 4 is 12.3 Å². The summed E-state index contributed by atoms with van der Waals surface area (Å²) in [6.07, 6.45) is -5.55. The van der Waals surface area contributed by atoms with Crippen LogP contribution in [0, 0.1) is 28.6 Å². The van der Waals surface area contributed by atoms with Crippen LogP contribution < -0.4 is 0 Å². The molecule has 7 aliphatic rings. The predicted octanol–water partition coefficient (Wildman–Crippen LogP) is -1.38. The van der Waals surface area contributed by atoms with E-state index in [-0.39, 0.29) is 49.8 Å². The van der Waals surface area contributed by atoms with Crippen molar-refractivity contribution in [2.24, 2.45) is 28.6 Å². The fourth-order valence-corrected chi connectivity index (χ4v) is 11.5. The first kappa shape index (κ1) is 37.7. The Morgan fingerprint density at radius 3 is 2.31 bits per heavy atom. The molecular formula is C36H54O15. The van der Waals surface area contributed by atoms with Crippen molar-refractivity contribution in [2.75, 3.05) is 26.4 Å². The molecule has 0 aromatic carbocycles. The van der Waals surface area contributed by atoms with Gasteiger partial charge in [0.15, 0.2) is 6.29 Å². The van der Waals surface area contributed by atoms with Gasteiger partial charge in [0.25, 0.3) is 0 Å². The van der Waals surface area contributed by atoms with Gasteiger partial charge in [-0.25, -0.2) is 4.79 Å². The molecule has 0 unspecified atom stereocenters. The average Bonchev–Trinajstić information content (AvgIpc) is 3.61. The zero-order chi connectivity index (χ0) is 36.5. The van der Waals surface area contributed by atoms with Gasteiger partial charge in [0, 0.05) is 24.3 Å². The first-order valence-electron chi connectivity index (χ1n) is 18.5. The Balaban J connectivity index is 1.02. The first-order valence-corrected chi connectivity index (χ1v) is 18.5. The number of aliphatic hydroxyl groups excluding tert-OH is 6. The van der Waals surface area contributed by atoms with Crippen molar-refractivity contribution in [3.8, 4) is 0 Å². The van der Waals surface area contributed by atoms with E-state index in [1.54, 1.807) is 6.08 Å². The number of carbonyl (C=O) groups excluding carboxylic acids is 2. The second kappa shape index (κ2) is 13.9. The summed E-state index contributed by atoms with van der Waals surface area (Å²) in [6.45, 7) is 1.10. The predicted molar refractivity (Wildman–Crippen MR) is 172 cm³/mol. The van der Waals surface area contributed by atoms with E-state index in [0.717, 1.165) is 18.3 Å². The van der Waals surface area contributed by atoms with Crippen LogP contribution in [-0.4, -0.2) is 152 Å². The van der Waals surface area contributed by atoms with Gasteiger partial charge in [-0.3, -0.25) is 0 Å². The van der Waals surface area contributed by atoms with E-state index in [4.69, 9.17) is 23.7 Å². The van der Waals surface area contributed by atoms with Crippen LogP contribution >= 0.6 is 0 Å². The lowest BCUT2D eigenvalue weighted by atomic mass is 9.41. The molecule has 0 aromatic heterocycles. The summed E-state index contributed by atoms with van der Waals surface area (Å²) in [5.41, 5.74) is -3.05. The van der Waals surface area contributed by atoms with Gasteiger partial charge in [-0.15, -0.1) is 0 Å². The number of rotatable bonds is 8. The Labute approximate surface area is 296 Å². The van der Waals surface area contributed by atoms with Crippen molar-refractivity contribution in [3.63, 3.8) is 0 Å². The number of hydrogen-bond acceptors (Lipinski definition) is 15. The van der Waals surface area contributed by atoms with E-state index in [9.17, 15) is 50.4 Å². The van der Waals surface area contributed by atoms with E-state index < -0.39 is 96.5 Å². The van der Waals surface area contributed by atoms with Crippen LogP contribution in [-0.2, 0) is 33.3 Å². The largest absolute Gasteiger partial charge is 0.458 e. The second-order valence-electron chi connectivity index (χ2n) is 16.5. The topological polar surface area (TPSA) is 242 Å². The van der Waals surface area contributed by atoms with Crippen molar-refractivity contribution < 1.29 is 74.1 Å². The maximum atomic E-state index is 13.2. The summed E-state index contributed by atoms with van der Waals surface area (Å²) < 4.78 is 28.8. The fourth-order valence-electron chi connectivity index (χ4n) is 11.5. The second-order valence-corrected chi connectivity index (χ2v) is 16.5. The molecule has 15 nitrogen and oxygen atoms in total. The lowest BCUT2D eigenvalue weighted by molar-refractivity contribution is -0.324. The van der Waals surface area contributed by atoms with E-state index in [1.165, 1.54) is 0 Å². The number of hydrogen-bond donors (Lipinski definition) is 8. The van der Waals surface area contributed by atoms with Gasteiger partial charge in [0.1, 0.15) is 49.5 Å². The molecule has 288 valence electrons. The van der Waals surface area contributed by atoms with E-state index >= 15 is 0 Å². The number of carbonyl (C=O) groups is 2. The standard InChI is InChI=1S/C36H54O15/c1-33-6-3-22-23(36(33,46)9-5-21(33)18-10-27(41)48-15-18)4-8-35(45)12-19(2-7-34(22,35)17-39)49-20-11-24(40)31(26(14-38)47-16-20)51-32-30(44)29(43)28(42)25(13-37)50-32/h10,17,19-26,28-32,37-38,40,42-46H,2-9,11-16H2,1H3/t19-,20+,21+,22-,23+,24-,25+,26-,28+,29-,30+,31+,32-,33+,34-,35-,36-/m0/s1. The molecule has 2 saturated heterocycles. The van der Waals surface area contributed by atoms with E-state index in [0.29, 0.717) is 44.9 Å². The molecule has 0 bridgehead atoms. The molecule has 3 aliphatic heterocycles.